The van der Waals surface area contributed by atoms with E-state index < -0.39 is 16.0 Å². The first-order valence-electron chi connectivity index (χ1n) is 6.79. The van der Waals surface area contributed by atoms with Crippen LogP contribution in [0.4, 0.5) is 5.69 Å². The molecule has 0 spiro atoms. The molecule has 1 saturated carbocycles. The second-order valence-electron chi connectivity index (χ2n) is 6.12. The molecule has 0 saturated heterocycles. The first-order chi connectivity index (χ1) is 9.63. The number of hydrogen-bond donors (Lipinski definition) is 3. The highest BCUT2D eigenvalue weighted by Crippen LogP contribution is 2.38. The lowest BCUT2D eigenvalue weighted by atomic mass is 9.88. The fourth-order valence-corrected chi connectivity index (χ4v) is 4.41. The van der Waals surface area contributed by atoms with Crippen LogP contribution in [0.5, 0.6) is 0 Å². The van der Waals surface area contributed by atoms with Gasteiger partial charge in [-0.2, -0.15) is 0 Å². The molecule has 0 bridgehead atoms. The average molecular weight is 312 g/mol. The molecule has 1 aromatic carbocycles. The van der Waals surface area contributed by atoms with Crippen LogP contribution in [0.1, 0.15) is 43.5 Å². The van der Waals surface area contributed by atoms with Gasteiger partial charge in [0, 0.05) is 11.7 Å². The summed E-state index contributed by atoms with van der Waals surface area (Å²) in [7, 11) is -3.92. The van der Waals surface area contributed by atoms with E-state index in [1.54, 1.807) is 0 Å². The van der Waals surface area contributed by atoms with E-state index in [1.165, 1.54) is 18.2 Å². The maximum Gasteiger partial charge on any atom is 0.337 e. The molecule has 0 amide bonds. The van der Waals surface area contributed by atoms with Crippen molar-refractivity contribution < 1.29 is 18.3 Å². The third-order valence-electron chi connectivity index (χ3n) is 4.08. The zero-order valence-electron chi connectivity index (χ0n) is 12.1. The Morgan fingerprint density at radius 2 is 2.10 bits per heavy atom. The molecule has 0 aliphatic heterocycles. The third kappa shape index (κ3) is 3.19. The minimum absolute atomic E-state index is 0.142. The zero-order valence-corrected chi connectivity index (χ0v) is 12.9. The monoisotopic (exact) mass is 312 g/mol. The van der Waals surface area contributed by atoms with Crippen molar-refractivity contribution in [1.29, 1.82) is 0 Å². The van der Waals surface area contributed by atoms with Gasteiger partial charge in [0.1, 0.15) is 0 Å². The molecule has 1 unspecified atom stereocenters. The zero-order chi connectivity index (χ0) is 15.8. The number of aromatic carboxylic acids is 1. The molecule has 0 aromatic heterocycles. The van der Waals surface area contributed by atoms with Crippen LogP contribution in [0.15, 0.2) is 23.1 Å². The highest BCUT2D eigenvalue weighted by atomic mass is 32.2. The molecule has 6 nitrogen and oxygen atoms in total. The summed E-state index contributed by atoms with van der Waals surface area (Å²) in [6, 6.07) is 3.58. The van der Waals surface area contributed by atoms with Crippen LogP contribution >= 0.6 is 0 Å². The van der Waals surface area contributed by atoms with Gasteiger partial charge in [0.2, 0.25) is 10.0 Å². The van der Waals surface area contributed by atoms with Crippen LogP contribution in [0, 0.1) is 5.41 Å². The quantitative estimate of drug-likeness (QED) is 0.735. The number of carboxylic acid groups (broad SMARTS) is 1. The van der Waals surface area contributed by atoms with Crippen molar-refractivity contribution in [2.45, 2.75) is 44.0 Å². The summed E-state index contributed by atoms with van der Waals surface area (Å²) in [4.78, 5) is 10.9. The number of carboxylic acids is 1. The number of rotatable bonds is 4. The molecule has 1 aromatic rings. The van der Waals surface area contributed by atoms with Crippen molar-refractivity contribution in [2.75, 3.05) is 5.73 Å². The molecule has 1 fully saturated rings. The standard InChI is InChI=1S/C14H20N2O4S/c1-14(2)7-3-4-12(14)16-21(19,20)11-8-9(15)5-6-10(11)13(17)18/h5-6,8,12,16H,3-4,7,15H2,1-2H3,(H,17,18). The number of nitrogens with one attached hydrogen (secondary N) is 1. The van der Waals surface area contributed by atoms with Gasteiger partial charge in [0.15, 0.2) is 0 Å². The Bertz CT molecular complexity index is 668. The summed E-state index contributed by atoms with van der Waals surface area (Å²) >= 11 is 0. The van der Waals surface area contributed by atoms with Crippen molar-refractivity contribution in [1.82, 2.24) is 4.72 Å². The number of anilines is 1. The Morgan fingerprint density at radius 1 is 1.43 bits per heavy atom. The minimum atomic E-state index is -3.92. The molecule has 4 N–H and O–H groups in total. The Morgan fingerprint density at radius 3 is 2.62 bits per heavy atom. The molecule has 0 radical (unpaired) electrons. The molecule has 2 rings (SSSR count). The summed E-state index contributed by atoms with van der Waals surface area (Å²) in [5, 5.41) is 9.15. The molecule has 1 aliphatic carbocycles. The van der Waals surface area contributed by atoms with Crippen LogP contribution in [0.25, 0.3) is 0 Å². The van der Waals surface area contributed by atoms with E-state index in [0.717, 1.165) is 19.3 Å². The minimum Gasteiger partial charge on any atom is -0.478 e. The number of benzene rings is 1. The highest BCUT2D eigenvalue weighted by molar-refractivity contribution is 7.89. The van der Waals surface area contributed by atoms with Crippen molar-refractivity contribution in [3.63, 3.8) is 0 Å². The second kappa shape index (κ2) is 5.31. The van der Waals surface area contributed by atoms with E-state index >= 15 is 0 Å². The van der Waals surface area contributed by atoms with E-state index in [4.69, 9.17) is 10.8 Å². The summed E-state index contributed by atoms with van der Waals surface area (Å²) in [5.74, 6) is -1.29. The van der Waals surface area contributed by atoms with Gasteiger partial charge in [-0.05, 0) is 36.5 Å². The van der Waals surface area contributed by atoms with E-state index in [1.807, 2.05) is 13.8 Å². The molecule has 21 heavy (non-hydrogen) atoms. The van der Waals surface area contributed by atoms with E-state index in [2.05, 4.69) is 4.72 Å². The molecule has 7 heteroatoms. The van der Waals surface area contributed by atoms with Crippen LogP contribution in [-0.4, -0.2) is 25.5 Å². The molecule has 116 valence electrons. The maximum absolute atomic E-state index is 12.5. The van der Waals surface area contributed by atoms with Gasteiger partial charge < -0.3 is 10.8 Å². The van der Waals surface area contributed by atoms with E-state index in [9.17, 15) is 13.2 Å². The Balaban J connectivity index is 2.40. The Kier molecular flexibility index (Phi) is 3.99. The fourth-order valence-electron chi connectivity index (χ4n) is 2.73. The van der Waals surface area contributed by atoms with Gasteiger partial charge in [-0.25, -0.2) is 17.9 Å². The smallest absolute Gasteiger partial charge is 0.337 e. The SMILES string of the molecule is CC1(C)CCCC1NS(=O)(=O)c1cc(N)ccc1C(=O)O. The number of nitrogens with two attached hydrogens (primary N) is 1. The first-order valence-corrected chi connectivity index (χ1v) is 8.27. The summed E-state index contributed by atoms with van der Waals surface area (Å²) in [6.45, 7) is 4.01. The van der Waals surface area contributed by atoms with Crippen molar-refractivity contribution in [2.24, 2.45) is 5.41 Å². The number of hydrogen-bond acceptors (Lipinski definition) is 4. The Labute approximate surface area is 124 Å². The molecular formula is C14H20N2O4S. The van der Waals surface area contributed by atoms with Gasteiger partial charge in [0.25, 0.3) is 0 Å². The summed E-state index contributed by atoms with van der Waals surface area (Å²) in [5.41, 5.74) is 5.40. The lowest BCUT2D eigenvalue weighted by Gasteiger charge is -2.27. The third-order valence-corrected chi connectivity index (χ3v) is 5.59. The molecular weight excluding hydrogens is 292 g/mol. The van der Waals surface area contributed by atoms with Crippen molar-refractivity contribution in [3.8, 4) is 0 Å². The maximum atomic E-state index is 12.5. The number of carbonyl (C=O) groups is 1. The molecule has 0 heterocycles. The van der Waals surface area contributed by atoms with Crippen molar-refractivity contribution in [3.05, 3.63) is 23.8 Å². The Hall–Kier alpha value is -1.60. The summed E-state index contributed by atoms with van der Waals surface area (Å²) in [6.07, 6.45) is 2.63. The number of sulfonamides is 1. The molecule has 1 atom stereocenters. The number of nitrogen functional groups attached to an aromatic ring is 1. The van der Waals surface area contributed by atoms with Gasteiger partial charge >= 0.3 is 5.97 Å². The van der Waals surface area contributed by atoms with E-state index in [0.29, 0.717) is 0 Å². The lowest BCUT2D eigenvalue weighted by molar-refractivity contribution is 0.0692. The predicted molar refractivity (Wildman–Crippen MR) is 79.6 cm³/mol. The van der Waals surface area contributed by atoms with Crippen molar-refractivity contribution >= 4 is 21.7 Å². The predicted octanol–water partition coefficient (Wildman–Crippen LogP) is 1.82. The average Bonchev–Trinajstić information content (AvgIpc) is 2.67. The first kappa shape index (κ1) is 15.8. The van der Waals surface area contributed by atoms with Crippen LogP contribution in [0.3, 0.4) is 0 Å². The van der Waals surface area contributed by atoms with Crippen LogP contribution in [-0.2, 0) is 10.0 Å². The summed E-state index contributed by atoms with van der Waals surface area (Å²) < 4.78 is 27.7. The van der Waals surface area contributed by atoms with Gasteiger partial charge in [-0.15, -0.1) is 0 Å². The highest BCUT2D eigenvalue weighted by Gasteiger charge is 2.38. The largest absolute Gasteiger partial charge is 0.478 e. The van der Waals surface area contributed by atoms with Crippen LogP contribution in [0.2, 0.25) is 0 Å². The van der Waals surface area contributed by atoms with Gasteiger partial charge in [-0.3, -0.25) is 0 Å². The normalized spacial score (nSPS) is 21.3. The second-order valence-corrected chi connectivity index (χ2v) is 7.80. The lowest BCUT2D eigenvalue weighted by Crippen LogP contribution is -2.41. The molecule has 1 aliphatic rings. The topological polar surface area (TPSA) is 109 Å². The van der Waals surface area contributed by atoms with Gasteiger partial charge in [-0.1, -0.05) is 20.3 Å². The van der Waals surface area contributed by atoms with Gasteiger partial charge in [0.05, 0.1) is 10.5 Å². The van der Waals surface area contributed by atoms with E-state index in [-0.39, 0.29) is 27.6 Å². The fraction of sp³-hybridized carbons (Fsp3) is 0.500. The van der Waals surface area contributed by atoms with Crippen LogP contribution < -0.4 is 10.5 Å².